The van der Waals surface area contributed by atoms with Crippen LogP contribution in [0.25, 0.3) is 0 Å². The van der Waals surface area contributed by atoms with Gasteiger partial charge in [0.25, 0.3) is 0 Å². The molecular weight excluding hydrogens is 210 g/mol. The number of likely N-dealkylation sites (N-methyl/N-ethyl adjacent to an activating group) is 1. The van der Waals surface area contributed by atoms with Crippen LogP contribution in [-0.4, -0.2) is 37.6 Å². The van der Waals surface area contributed by atoms with Gasteiger partial charge >= 0.3 is 0 Å². The molecule has 3 heteroatoms. The first-order valence-corrected chi connectivity index (χ1v) is 6.18. The van der Waals surface area contributed by atoms with Gasteiger partial charge in [0.15, 0.2) is 0 Å². The van der Waals surface area contributed by atoms with Crippen LogP contribution in [0.2, 0.25) is 0 Å². The summed E-state index contributed by atoms with van der Waals surface area (Å²) in [5, 5.41) is 8.97. The lowest BCUT2D eigenvalue weighted by Crippen LogP contribution is -2.40. The Labute approximate surface area is 103 Å². The molecule has 1 unspecified atom stereocenters. The lowest BCUT2D eigenvalue weighted by atomic mass is 10.1. The highest BCUT2D eigenvalue weighted by molar-refractivity contribution is 5.47. The number of nitriles is 1. The molecule has 1 atom stereocenters. The SMILES string of the molecule is CN1CCCN(c2ccccc2)C(CC#N)C1. The minimum atomic E-state index is 0.315. The van der Waals surface area contributed by atoms with Gasteiger partial charge in [-0.15, -0.1) is 0 Å². The summed E-state index contributed by atoms with van der Waals surface area (Å²) in [7, 11) is 2.14. The molecule has 1 heterocycles. The summed E-state index contributed by atoms with van der Waals surface area (Å²) in [6.07, 6.45) is 1.76. The van der Waals surface area contributed by atoms with E-state index in [0.29, 0.717) is 12.5 Å². The molecule has 90 valence electrons. The standard InChI is InChI=1S/C14H19N3/c1-16-10-5-11-17(14(12-16)8-9-15)13-6-3-2-4-7-13/h2-4,6-7,14H,5,8,10-12H2,1H3. The highest BCUT2D eigenvalue weighted by Gasteiger charge is 2.23. The maximum atomic E-state index is 8.97. The van der Waals surface area contributed by atoms with Crippen LogP contribution in [0.15, 0.2) is 30.3 Å². The van der Waals surface area contributed by atoms with E-state index in [4.69, 9.17) is 5.26 Å². The maximum absolute atomic E-state index is 8.97. The summed E-state index contributed by atoms with van der Waals surface area (Å²) < 4.78 is 0. The molecule has 0 radical (unpaired) electrons. The van der Waals surface area contributed by atoms with E-state index in [-0.39, 0.29) is 0 Å². The summed E-state index contributed by atoms with van der Waals surface area (Å²) in [5.41, 5.74) is 1.24. The molecule has 1 fully saturated rings. The minimum absolute atomic E-state index is 0.315. The van der Waals surface area contributed by atoms with Crippen molar-refractivity contribution in [3.63, 3.8) is 0 Å². The van der Waals surface area contributed by atoms with E-state index in [0.717, 1.165) is 26.1 Å². The third kappa shape index (κ3) is 2.98. The van der Waals surface area contributed by atoms with E-state index in [9.17, 15) is 0 Å². The fraction of sp³-hybridized carbons (Fsp3) is 0.500. The third-order valence-corrected chi connectivity index (χ3v) is 3.32. The van der Waals surface area contributed by atoms with Crippen LogP contribution in [0.1, 0.15) is 12.8 Å². The minimum Gasteiger partial charge on any atom is -0.366 e. The molecule has 3 nitrogen and oxygen atoms in total. The Morgan fingerprint density at radius 1 is 1.29 bits per heavy atom. The van der Waals surface area contributed by atoms with Crippen LogP contribution in [0.3, 0.4) is 0 Å². The van der Waals surface area contributed by atoms with Gasteiger partial charge < -0.3 is 9.80 Å². The molecule has 1 aliphatic heterocycles. The van der Waals surface area contributed by atoms with Crippen LogP contribution < -0.4 is 4.90 Å². The van der Waals surface area contributed by atoms with Crippen LogP contribution >= 0.6 is 0 Å². The highest BCUT2D eigenvalue weighted by atomic mass is 15.2. The van der Waals surface area contributed by atoms with E-state index in [1.807, 2.05) is 6.07 Å². The molecule has 1 aliphatic rings. The van der Waals surface area contributed by atoms with Crippen molar-refractivity contribution in [1.82, 2.24) is 4.90 Å². The number of para-hydroxylation sites is 1. The first-order chi connectivity index (χ1) is 8.31. The van der Waals surface area contributed by atoms with Crippen molar-refractivity contribution < 1.29 is 0 Å². The van der Waals surface area contributed by atoms with E-state index in [1.165, 1.54) is 5.69 Å². The molecule has 0 aliphatic carbocycles. The van der Waals surface area contributed by atoms with Crippen molar-refractivity contribution in [2.75, 3.05) is 31.6 Å². The number of nitrogens with zero attached hydrogens (tertiary/aromatic N) is 3. The van der Waals surface area contributed by atoms with E-state index in [2.05, 4.69) is 47.2 Å². The molecule has 0 bridgehead atoms. The van der Waals surface area contributed by atoms with Gasteiger partial charge in [-0.05, 0) is 32.1 Å². The molecule has 17 heavy (non-hydrogen) atoms. The van der Waals surface area contributed by atoms with Gasteiger partial charge in [-0.25, -0.2) is 0 Å². The van der Waals surface area contributed by atoms with Gasteiger partial charge in [-0.2, -0.15) is 5.26 Å². The summed E-state index contributed by atoms with van der Waals surface area (Å²) in [5.74, 6) is 0. The average molecular weight is 229 g/mol. The van der Waals surface area contributed by atoms with Crippen molar-refractivity contribution >= 4 is 5.69 Å². The van der Waals surface area contributed by atoms with Crippen LogP contribution in [0, 0.1) is 11.3 Å². The van der Waals surface area contributed by atoms with Crippen molar-refractivity contribution in [3.8, 4) is 6.07 Å². The van der Waals surface area contributed by atoms with E-state index < -0.39 is 0 Å². The quantitative estimate of drug-likeness (QED) is 0.778. The molecular formula is C14H19N3. The fourth-order valence-electron chi connectivity index (χ4n) is 2.48. The summed E-state index contributed by atoms with van der Waals surface area (Å²) in [4.78, 5) is 4.71. The van der Waals surface area contributed by atoms with Gasteiger partial charge in [0.2, 0.25) is 0 Å². The zero-order chi connectivity index (χ0) is 12.1. The molecule has 1 saturated heterocycles. The second-order valence-electron chi connectivity index (χ2n) is 4.66. The number of hydrogen-bond donors (Lipinski definition) is 0. The predicted molar refractivity (Wildman–Crippen MR) is 69.9 cm³/mol. The Morgan fingerprint density at radius 3 is 2.76 bits per heavy atom. The Kier molecular flexibility index (Phi) is 4.00. The monoisotopic (exact) mass is 229 g/mol. The van der Waals surface area contributed by atoms with Crippen molar-refractivity contribution in [1.29, 1.82) is 5.26 Å². The zero-order valence-corrected chi connectivity index (χ0v) is 10.3. The lowest BCUT2D eigenvalue weighted by Gasteiger charge is -2.31. The summed E-state index contributed by atoms with van der Waals surface area (Å²) >= 11 is 0. The lowest BCUT2D eigenvalue weighted by molar-refractivity contribution is 0.332. The number of anilines is 1. The van der Waals surface area contributed by atoms with E-state index in [1.54, 1.807) is 0 Å². The first-order valence-electron chi connectivity index (χ1n) is 6.18. The smallest absolute Gasteiger partial charge is 0.0643 e. The van der Waals surface area contributed by atoms with Gasteiger partial charge in [-0.1, -0.05) is 18.2 Å². The molecule has 0 aromatic heterocycles. The largest absolute Gasteiger partial charge is 0.366 e. The van der Waals surface area contributed by atoms with Crippen LogP contribution in [0.4, 0.5) is 5.69 Å². The normalized spacial score (nSPS) is 21.9. The molecule has 2 rings (SSSR count). The zero-order valence-electron chi connectivity index (χ0n) is 10.3. The highest BCUT2D eigenvalue weighted by Crippen LogP contribution is 2.21. The maximum Gasteiger partial charge on any atom is 0.0643 e. The molecule has 0 spiro atoms. The molecule has 0 saturated carbocycles. The Balaban J connectivity index is 2.20. The molecule has 1 aromatic rings. The van der Waals surface area contributed by atoms with Crippen LogP contribution in [0.5, 0.6) is 0 Å². The van der Waals surface area contributed by atoms with Gasteiger partial charge in [0, 0.05) is 18.8 Å². The van der Waals surface area contributed by atoms with E-state index >= 15 is 0 Å². The van der Waals surface area contributed by atoms with Crippen molar-refractivity contribution in [3.05, 3.63) is 30.3 Å². The second-order valence-corrected chi connectivity index (χ2v) is 4.66. The van der Waals surface area contributed by atoms with Crippen molar-refractivity contribution in [2.45, 2.75) is 18.9 Å². The van der Waals surface area contributed by atoms with Gasteiger partial charge in [0.1, 0.15) is 0 Å². The topological polar surface area (TPSA) is 30.3 Å². The fourth-order valence-corrected chi connectivity index (χ4v) is 2.48. The van der Waals surface area contributed by atoms with Crippen molar-refractivity contribution in [2.24, 2.45) is 0 Å². The Morgan fingerprint density at radius 2 is 2.06 bits per heavy atom. The molecule has 0 N–H and O–H groups in total. The van der Waals surface area contributed by atoms with Gasteiger partial charge in [0.05, 0.1) is 18.5 Å². The summed E-state index contributed by atoms with van der Waals surface area (Å²) in [6.45, 7) is 3.13. The summed E-state index contributed by atoms with van der Waals surface area (Å²) in [6, 6.07) is 13.1. The third-order valence-electron chi connectivity index (χ3n) is 3.32. The number of benzene rings is 1. The van der Waals surface area contributed by atoms with Crippen LogP contribution in [-0.2, 0) is 0 Å². The van der Waals surface area contributed by atoms with Gasteiger partial charge in [-0.3, -0.25) is 0 Å². The average Bonchev–Trinajstić information content (AvgIpc) is 2.52. The second kappa shape index (κ2) is 5.70. The number of hydrogen-bond acceptors (Lipinski definition) is 3. The molecule has 0 amide bonds. The Hall–Kier alpha value is -1.53. The number of rotatable bonds is 2. The molecule has 1 aromatic carbocycles. The Bertz CT molecular complexity index is 382. The predicted octanol–water partition coefficient (Wildman–Crippen LogP) is 2.11. The first kappa shape index (κ1) is 11.9.